The van der Waals surface area contributed by atoms with Crippen molar-refractivity contribution in [3.63, 3.8) is 0 Å². The van der Waals surface area contributed by atoms with Crippen LogP contribution in [0, 0.1) is 166 Å². The maximum absolute atomic E-state index is 4.94. The minimum Gasteiger partial charge on any atom is -0.106 e. The molecule has 0 bridgehead atoms. The molecule has 0 radical (unpaired) electrons. The summed E-state index contributed by atoms with van der Waals surface area (Å²) in [5.74, 6) is 66.9. The van der Waals surface area contributed by atoms with E-state index in [0.717, 1.165) is 0 Å². The Balaban J connectivity index is 5.20. The molecule has 57 heavy (non-hydrogen) atoms. The molecule has 0 saturated heterocycles. The summed E-state index contributed by atoms with van der Waals surface area (Å²) in [7, 11) is 0. The Kier molecular flexibility index (Phi) is 34.2. The molecule has 0 rings (SSSR count). The van der Waals surface area contributed by atoms with Crippen LogP contribution in [-0.2, 0) is 0 Å². The lowest BCUT2D eigenvalue weighted by atomic mass is 10.4. The monoisotopic (exact) mass is 688 g/mol. The van der Waals surface area contributed by atoms with Crippen LogP contribution in [0.3, 0.4) is 0 Å². The topological polar surface area (TPSA) is 0 Å². The number of hydrogen-bond acceptors (Lipinski definition) is 0. The second-order valence-electron chi connectivity index (χ2n) is 7.00. The van der Waals surface area contributed by atoms with Crippen molar-refractivity contribution >= 4 is 0 Å². The first kappa shape index (κ1) is 44.6. The summed E-state index contributed by atoms with van der Waals surface area (Å²) in [4.78, 5) is 0. The number of terminal acetylenes is 1. The van der Waals surface area contributed by atoms with Gasteiger partial charge < -0.3 is 0 Å². The maximum Gasteiger partial charge on any atom is 0.0403 e. The second kappa shape index (κ2) is 43.6. The molecule has 0 spiro atoms. The average molecular weight is 689 g/mol. The summed E-state index contributed by atoms with van der Waals surface area (Å²) < 4.78 is 0. The first-order chi connectivity index (χ1) is 28.4. The fourth-order valence-electron chi connectivity index (χ4n) is 1.70. The Morgan fingerprint density at radius 2 is 0.421 bits per heavy atom. The summed E-state index contributed by atoms with van der Waals surface area (Å²) in [6.07, 6.45) is 6.33. The highest BCUT2D eigenvalue weighted by Crippen LogP contribution is 1.64. The molecule has 0 unspecified atom stereocenters. The van der Waals surface area contributed by atoms with E-state index >= 15 is 0 Å². The Labute approximate surface area is 332 Å². The van der Waals surface area contributed by atoms with Crippen LogP contribution in [0.4, 0.5) is 0 Å². The van der Waals surface area contributed by atoms with Gasteiger partial charge in [0.2, 0.25) is 0 Å². The molecule has 0 aromatic heterocycles. The normalized spacial score (nSPS) is 3.98. The quantitative estimate of drug-likeness (QED) is 0.248. The van der Waals surface area contributed by atoms with E-state index in [-0.39, 0.29) is 0 Å². The molecule has 232 valence electrons. The molecule has 0 heteroatoms. The van der Waals surface area contributed by atoms with Gasteiger partial charge in [0, 0.05) is 117 Å². The van der Waals surface area contributed by atoms with Crippen LogP contribution < -0.4 is 0 Å². The van der Waals surface area contributed by atoms with Crippen molar-refractivity contribution in [3.05, 3.63) is 167 Å². The van der Waals surface area contributed by atoms with Crippen molar-refractivity contribution in [2.24, 2.45) is 0 Å². The Morgan fingerprint density at radius 3 is 0.649 bits per heavy atom. The van der Waals surface area contributed by atoms with Crippen LogP contribution in [-0.4, -0.2) is 0 Å². The molecule has 0 nitrogen and oxygen atoms in total. The van der Waals surface area contributed by atoms with E-state index in [4.69, 9.17) is 6.42 Å². The van der Waals surface area contributed by atoms with E-state index in [0.29, 0.717) is 0 Å². The zero-order chi connectivity index (χ0) is 40.9. The molecule has 0 saturated carbocycles. The van der Waals surface area contributed by atoms with Crippen LogP contribution in [0.5, 0.6) is 0 Å². The third-order valence-electron chi connectivity index (χ3n) is 3.45. The van der Waals surface area contributed by atoms with Gasteiger partial charge in [-0.3, -0.25) is 0 Å². The van der Waals surface area contributed by atoms with Crippen molar-refractivity contribution in [1.29, 1.82) is 0 Å². The van der Waals surface area contributed by atoms with Crippen molar-refractivity contribution in [1.82, 2.24) is 0 Å². The van der Waals surface area contributed by atoms with Crippen molar-refractivity contribution in [2.75, 3.05) is 0 Å². The second-order valence-corrected chi connectivity index (χ2v) is 7.00. The van der Waals surface area contributed by atoms with E-state index < -0.39 is 0 Å². The minimum absolute atomic E-state index is 1.39. The third kappa shape index (κ3) is 43.6. The molecule has 0 atom stereocenters. The maximum atomic E-state index is 4.94. The van der Waals surface area contributed by atoms with Gasteiger partial charge >= 0.3 is 0 Å². The summed E-state index contributed by atoms with van der Waals surface area (Å²) in [5, 5.41) is 0. The molecule has 0 fully saturated rings. The highest BCUT2D eigenvalue weighted by atomic mass is 13.6. The summed E-state index contributed by atoms with van der Waals surface area (Å²) >= 11 is 0. The molecule has 0 N–H and O–H groups in total. The van der Waals surface area contributed by atoms with Gasteiger partial charge in [-0.2, -0.15) is 0 Å². The van der Waals surface area contributed by atoms with Gasteiger partial charge in [-0.25, -0.2) is 0 Å². The lowest BCUT2D eigenvalue weighted by Crippen LogP contribution is -1.57. The van der Waals surface area contributed by atoms with Crippen molar-refractivity contribution in [3.8, 4) is 166 Å². The molecule has 0 heterocycles. The first-order valence-electron chi connectivity index (χ1n) is 14.2. The largest absolute Gasteiger partial charge is 0.106 e. The lowest BCUT2D eigenvalue weighted by Gasteiger charge is -1.57. The van der Waals surface area contributed by atoms with E-state index in [9.17, 15) is 0 Å². The fourth-order valence-corrected chi connectivity index (χ4v) is 1.70. The van der Waals surface area contributed by atoms with Gasteiger partial charge in [0.1, 0.15) is 0 Å². The van der Waals surface area contributed by atoms with Gasteiger partial charge in [0.05, 0.1) is 0 Å². The highest BCUT2D eigenvalue weighted by Gasteiger charge is 1.60. The van der Waals surface area contributed by atoms with Crippen LogP contribution in [0.15, 0.2) is 167 Å². The zero-order valence-electron chi connectivity index (χ0n) is 28.9. The number of rotatable bonds is 0. The van der Waals surface area contributed by atoms with E-state index in [1.807, 2.05) is 0 Å². The molecule has 0 aliphatic carbocycles. The first-order valence-corrected chi connectivity index (χ1v) is 14.2. The highest BCUT2D eigenvalue weighted by molar-refractivity contribution is 5.48. The summed E-state index contributed by atoms with van der Waals surface area (Å²) in [6.45, 7) is 3.31. The zero-order valence-corrected chi connectivity index (χ0v) is 28.9. The standard InChI is InChI=1S/C57H4/c1-3-5-7-9-11-13-15-17-19-21-23-25-27-29-31-33-35-37-39-41-43-45-47-49-51-53-55-57-56-54-52-50-48-46-44-42-40-38-36-34-32-30-28-26-24-22-20-18-16-14-12-10-8-6-4-2/h1,57H,2H2. The van der Waals surface area contributed by atoms with Gasteiger partial charge in [0.15, 0.2) is 0 Å². The smallest absolute Gasteiger partial charge is 0.0403 e. The van der Waals surface area contributed by atoms with E-state index in [1.165, 1.54) is 6.08 Å². The summed E-state index contributed by atoms with van der Waals surface area (Å²) in [6, 6.07) is 0. The van der Waals surface area contributed by atoms with Gasteiger partial charge in [-0.1, -0.05) is 17.4 Å². The third-order valence-corrected chi connectivity index (χ3v) is 3.45. The van der Waals surface area contributed by atoms with Crippen molar-refractivity contribution < 1.29 is 0 Å². The number of hydrogen-bond donors (Lipinski definition) is 0. The van der Waals surface area contributed by atoms with Crippen LogP contribution in [0.1, 0.15) is 0 Å². The molecule has 0 aromatic carbocycles. The molecule has 0 aromatic rings. The predicted octanol–water partition coefficient (Wildman–Crippen LogP) is 5.04. The fraction of sp³-hybridized carbons (Fsp3) is 0. The molecular formula is C57H4. The Bertz CT molecular complexity index is 3780. The Hall–Kier alpha value is -12.4. The van der Waals surface area contributed by atoms with E-state index in [2.05, 4.69) is 321 Å². The predicted molar refractivity (Wildman–Crippen MR) is 215 cm³/mol. The van der Waals surface area contributed by atoms with Crippen LogP contribution >= 0.6 is 0 Å². The van der Waals surface area contributed by atoms with Crippen molar-refractivity contribution in [2.45, 2.75) is 0 Å². The number of allylic oxidation sites excluding steroid dienone is 1. The average Bonchev–Trinajstić information content (AvgIpc) is 3.22. The SMILES string of the molecule is C#CC#CC#CC#CC#CC#CC#CC#CC#CC#CC#CC#CC#CC#CC=C=C=C=C=C=C=C=C=C=C=C=C=C=C=C=C=C=C=C=C=C=C=C=C=C=C=C=C. The van der Waals surface area contributed by atoms with Gasteiger partial charge in [-0.15, -0.1) is 6.42 Å². The lowest BCUT2D eigenvalue weighted by molar-refractivity contribution is 2.10. The van der Waals surface area contributed by atoms with Crippen LogP contribution in [0.2, 0.25) is 0 Å². The van der Waals surface area contributed by atoms with Crippen LogP contribution in [0.25, 0.3) is 0 Å². The molecule has 0 aliphatic heterocycles. The molecule has 0 amide bonds. The molecule has 0 aliphatic rings. The Morgan fingerprint density at radius 1 is 0.228 bits per heavy atom. The minimum atomic E-state index is 1.39. The van der Waals surface area contributed by atoms with E-state index in [1.54, 1.807) is 0 Å². The molecular weight excluding hydrogens is 685 g/mol. The summed E-state index contributed by atoms with van der Waals surface area (Å²) in [5.41, 5.74) is 67.5. The van der Waals surface area contributed by atoms with Gasteiger partial charge in [0.25, 0.3) is 0 Å². The van der Waals surface area contributed by atoms with Gasteiger partial charge in [-0.05, 0) is 193 Å².